The number of aliphatic hydroxyl groups is 2. The molecule has 2 aliphatic heterocycles. The molecule has 52 heavy (non-hydrogen) atoms. The number of hydrogen-bond acceptors (Lipinski definition) is 8. The molecule has 0 saturated carbocycles. The highest BCUT2D eigenvalue weighted by Gasteiger charge is 2.40. The molecule has 2 aliphatic rings. The average Bonchev–Trinajstić information content (AvgIpc) is 3.65. The number of ether oxygens (including phenoxy) is 3. The number of hydrogen-bond donors (Lipinski definition) is 4. The summed E-state index contributed by atoms with van der Waals surface area (Å²) >= 11 is 0. The van der Waals surface area contributed by atoms with E-state index in [-0.39, 0.29) is 43.9 Å². The summed E-state index contributed by atoms with van der Waals surface area (Å²) in [5.41, 5.74) is 6.61. The van der Waals surface area contributed by atoms with Gasteiger partial charge in [-0.15, -0.1) is 0 Å². The van der Waals surface area contributed by atoms with Crippen LogP contribution in [0.1, 0.15) is 60.0 Å². The second-order valence-corrected chi connectivity index (χ2v) is 13.7. The number of nitrogens with one attached hydrogen (secondary N) is 2. The van der Waals surface area contributed by atoms with E-state index in [1.165, 1.54) is 7.11 Å². The standard InChI is InChI=1S/C42H49N3O7/c1-28-38(25-45-21-7-12-36(45)27-47)51-41(52-39(28)33-15-13-30(26-46)14-16-33)34-19-17-32(18-20-34)35-11-6-10-31(22-35)24-43-42(49)44-37(40(48)50-2)23-29-8-4-3-5-9-29/h3-6,8-11,13-20,22,28,36-39,41,46-47H,7,12,21,23-27H2,1-2H3,(H2,43,44,49)/t28-,36+,37+,38+,39+,41+/m1/s1. The quantitative estimate of drug-likeness (QED) is 0.131. The van der Waals surface area contributed by atoms with E-state index in [0.717, 1.165) is 58.3 Å². The molecular weight excluding hydrogens is 658 g/mol. The number of aliphatic hydroxyl groups excluding tert-OH is 2. The van der Waals surface area contributed by atoms with Gasteiger partial charge < -0.3 is 35.1 Å². The number of likely N-dealkylation sites (tertiary alicyclic amines) is 1. The third-order valence-electron chi connectivity index (χ3n) is 10.2. The Morgan fingerprint density at radius 2 is 1.60 bits per heavy atom. The summed E-state index contributed by atoms with van der Waals surface area (Å²) in [6.07, 6.45) is 1.46. The fraction of sp³-hybridized carbons (Fsp3) is 0.381. The van der Waals surface area contributed by atoms with E-state index in [2.05, 4.69) is 22.5 Å². The van der Waals surface area contributed by atoms with Gasteiger partial charge in [0.2, 0.25) is 0 Å². The van der Waals surface area contributed by atoms with Crippen molar-refractivity contribution in [2.45, 2.75) is 69.9 Å². The van der Waals surface area contributed by atoms with Gasteiger partial charge in [-0.05, 0) is 58.8 Å². The highest BCUT2D eigenvalue weighted by atomic mass is 16.7. The molecule has 274 valence electrons. The summed E-state index contributed by atoms with van der Waals surface area (Å²) in [5.74, 6) is -0.447. The van der Waals surface area contributed by atoms with Gasteiger partial charge in [-0.2, -0.15) is 0 Å². The number of urea groups is 1. The predicted octanol–water partition coefficient (Wildman–Crippen LogP) is 5.68. The van der Waals surface area contributed by atoms with Gasteiger partial charge >= 0.3 is 12.0 Å². The minimum atomic E-state index is -0.812. The van der Waals surface area contributed by atoms with Crippen molar-refractivity contribution in [3.63, 3.8) is 0 Å². The van der Waals surface area contributed by atoms with Gasteiger partial charge in [0.15, 0.2) is 6.29 Å². The number of benzene rings is 4. The van der Waals surface area contributed by atoms with Crippen molar-refractivity contribution in [3.8, 4) is 11.1 Å². The van der Waals surface area contributed by atoms with Crippen molar-refractivity contribution in [3.05, 3.63) is 131 Å². The Bertz CT molecular complexity index is 1750. The van der Waals surface area contributed by atoms with Crippen LogP contribution in [0.5, 0.6) is 0 Å². The Morgan fingerprint density at radius 1 is 0.865 bits per heavy atom. The molecule has 2 amide bonds. The molecule has 4 N–H and O–H groups in total. The van der Waals surface area contributed by atoms with E-state index in [1.807, 2.05) is 103 Å². The Balaban J connectivity index is 1.12. The number of amides is 2. The van der Waals surface area contributed by atoms with Gasteiger partial charge in [-0.1, -0.05) is 104 Å². The second-order valence-electron chi connectivity index (χ2n) is 13.7. The smallest absolute Gasteiger partial charge is 0.328 e. The Kier molecular flexibility index (Phi) is 12.7. The van der Waals surface area contributed by atoms with Crippen LogP contribution in [0.3, 0.4) is 0 Å². The Hall–Kier alpha value is -4.58. The molecule has 2 fully saturated rings. The van der Waals surface area contributed by atoms with Crippen molar-refractivity contribution in [2.24, 2.45) is 5.92 Å². The molecule has 10 nitrogen and oxygen atoms in total. The first kappa shape index (κ1) is 37.2. The van der Waals surface area contributed by atoms with E-state index >= 15 is 0 Å². The lowest BCUT2D eigenvalue weighted by atomic mass is 9.89. The summed E-state index contributed by atoms with van der Waals surface area (Å²) in [6, 6.07) is 32.4. The monoisotopic (exact) mass is 707 g/mol. The molecule has 10 heteroatoms. The van der Waals surface area contributed by atoms with Gasteiger partial charge in [0.05, 0.1) is 32.5 Å². The minimum absolute atomic E-state index is 0.0129. The molecule has 2 heterocycles. The van der Waals surface area contributed by atoms with Crippen molar-refractivity contribution in [1.82, 2.24) is 15.5 Å². The summed E-state index contributed by atoms with van der Waals surface area (Å²) in [7, 11) is 1.31. The number of methoxy groups -OCH3 is 1. The lowest BCUT2D eigenvalue weighted by Crippen LogP contribution is -2.47. The van der Waals surface area contributed by atoms with Crippen molar-refractivity contribution in [2.75, 3.05) is 26.8 Å². The molecule has 0 aromatic heterocycles. The van der Waals surface area contributed by atoms with Crippen molar-refractivity contribution >= 4 is 12.0 Å². The minimum Gasteiger partial charge on any atom is -0.467 e. The summed E-state index contributed by atoms with van der Waals surface area (Å²) < 4.78 is 18.3. The van der Waals surface area contributed by atoms with E-state index < -0.39 is 24.3 Å². The number of nitrogens with zero attached hydrogens (tertiary/aromatic N) is 1. The van der Waals surface area contributed by atoms with Crippen LogP contribution in [0.15, 0.2) is 103 Å². The van der Waals surface area contributed by atoms with Crippen LogP contribution < -0.4 is 10.6 Å². The molecule has 0 unspecified atom stereocenters. The molecule has 0 spiro atoms. The van der Waals surface area contributed by atoms with Gasteiger partial charge in [0, 0.05) is 37.0 Å². The molecule has 6 rings (SSSR count). The highest BCUT2D eigenvalue weighted by molar-refractivity contribution is 5.83. The maximum Gasteiger partial charge on any atom is 0.328 e. The first-order chi connectivity index (χ1) is 25.3. The van der Waals surface area contributed by atoms with Crippen molar-refractivity contribution < 1.29 is 34.0 Å². The second kappa shape index (κ2) is 17.8. The van der Waals surface area contributed by atoms with E-state index in [9.17, 15) is 19.8 Å². The van der Waals surface area contributed by atoms with E-state index in [0.29, 0.717) is 13.0 Å². The average molecular weight is 708 g/mol. The fourth-order valence-corrected chi connectivity index (χ4v) is 7.17. The first-order valence-electron chi connectivity index (χ1n) is 18.1. The van der Waals surface area contributed by atoms with E-state index in [4.69, 9.17) is 14.2 Å². The van der Waals surface area contributed by atoms with Crippen LogP contribution in [0.2, 0.25) is 0 Å². The van der Waals surface area contributed by atoms with Crippen LogP contribution >= 0.6 is 0 Å². The summed E-state index contributed by atoms with van der Waals surface area (Å²) in [6.45, 7) is 4.21. The van der Waals surface area contributed by atoms with Crippen LogP contribution in [0.25, 0.3) is 11.1 Å². The zero-order valence-electron chi connectivity index (χ0n) is 29.8. The van der Waals surface area contributed by atoms with E-state index in [1.54, 1.807) is 0 Å². The van der Waals surface area contributed by atoms with Crippen LogP contribution in [-0.4, -0.2) is 72.1 Å². The van der Waals surface area contributed by atoms with Gasteiger partial charge in [0.25, 0.3) is 0 Å². The van der Waals surface area contributed by atoms with Crippen LogP contribution in [-0.2, 0) is 38.6 Å². The normalized spacial score (nSPS) is 22.4. The zero-order chi connectivity index (χ0) is 36.5. The first-order valence-corrected chi connectivity index (χ1v) is 18.1. The number of esters is 1. The molecule has 0 aliphatic carbocycles. The molecule has 0 bridgehead atoms. The Labute approximate surface area is 305 Å². The number of carbonyl (C=O) groups excluding carboxylic acids is 2. The fourth-order valence-electron chi connectivity index (χ4n) is 7.17. The third kappa shape index (κ3) is 9.25. The molecule has 4 aromatic carbocycles. The maximum absolute atomic E-state index is 12.8. The lowest BCUT2D eigenvalue weighted by Gasteiger charge is -2.43. The lowest BCUT2D eigenvalue weighted by molar-refractivity contribution is -0.276. The van der Waals surface area contributed by atoms with Crippen LogP contribution in [0.4, 0.5) is 4.79 Å². The van der Waals surface area contributed by atoms with Gasteiger partial charge in [-0.25, -0.2) is 9.59 Å². The molecule has 4 aromatic rings. The number of rotatable bonds is 13. The highest BCUT2D eigenvalue weighted by Crippen LogP contribution is 2.42. The third-order valence-corrected chi connectivity index (χ3v) is 10.2. The molecule has 6 atom stereocenters. The maximum atomic E-state index is 12.8. The summed E-state index contributed by atoms with van der Waals surface area (Å²) in [4.78, 5) is 27.5. The predicted molar refractivity (Wildman–Crippen MR) is 198 cm³/mol. The number of carbonyl (C=O) groups is 2. The molecule has 2 saturated heterocycles. The molecule has 0 radical (unpaired) electrons. The van der Waals surface area contributed by atoms with Crippen molar-refractivity contribution in [1.29, 1.82) is 0 Å². The topological polar surface area (TPSA) is 130 Å². The van der Waals surface area contributed by atoms with Crippen LogP contribution in [0, 0.1) is 5.92 Å². The van der Waals surface area contributed by atoms with Gasteiger partial charge in [0.1, 0.15) is 6.04 Å². The SMILES string of the molecule is COC(=O)[C@H](Cc1ccccc1)NC(=O)NCc1cccc(-c2ccc([C@H]3O[C@@H](CN4CCC[C@H]4CO)[C@@H](C)[C@@H](c4ccc(CO)cc4)O3)cc2)c1. The Morgan fingerprint density at radius 3 is 2.31 bits per heavy atom. The largest absolute Gasteiger partial charge is 0.467 e. The molecular formula is C42H49N3O7. The van der Waals surface area contributed by atoms with Gasteiger partial charge in [-0.3, -0.25) is 4.90 Å². The zero-order valence-corrected chi connectivity index (χ0v) is 29.8. The summed E-state index contributed by atoms with van der Waals surface area (Å²) in [5, 5.41) is 25.2.